The molecule has 0 heterocycles. The van der Waals surface area contributed by atoms with Crippen molar-refractivity contribution in [3.63, 3.8) is 0 Å². The molecule has 1 rings (SSSR count). The van der Waals surface area contributed by atoms with Crippen LogP contribution in [0.3, 0.4) is 0 Å². The molecule has 0 aromatic heterocycles. The molecule has 1 aromatic rings. The first-order valence-corrected chi connectivity index (χ1v) is 7.03. The fraction of sp³-hybridized carbons (Fsp3) is 0.400. The van der Waals surface area contributed by atoms with Crippen LogP contribution in [-0.2, 0) is 19.1 Å². The van der Waals surface area contributed by atoms with Gasteiger partial charge in [-0.3, -0.25) is 14.4 Å². The highest BCUT2D eigenvalue weighted by atomic mass is 16.5. The van der Waals surface area contributed by atoms with E-state index >= 15 is 0 Å². The predicted molar refractivity (Wildman–Crippen MR) is 83.3 cm³/mol. The summed E-state index contributed by atoms with van der Waals surface area (Å²) in [6.07, 6.45) is 0. The summed E-state index contributed by atoms with van der Waals surface area (Å²) in [6.45, 7) is 0.0192. The first-order chi connectivity index (χ1) is 10.9. The molecule has 3 N–H and O–H groups in total. The van der Waals surface area contributed by atoms with E-state index in [1.165, 1.54) is 7.11 Å². The Morgan fingerprint density at radius 1 is 1.04 bits per heavy atom. The van der Waals surface area contributed by atoms with Crippen LogP contribution < -0.4 is 20.3 Å². The number of quaternary nitrogens is 1. The van der Waals surface area contributed by atoms with Crippen LogP contribution >= 0.6 is 0 Å². The zero-order chi connectivity index (χ0) is 17.2. The smallest absolute Gasteiger partial charge is 0.325 e. The van der Waals surface area contributed by atoms with Crippen LogP contribution in [0.1, 0.15) is 0 Å². The summed E-state index contributed by atoms with van der Waals surface area (Å²) in [6, 6.07) is 6.95. The second kappa shape index (κ2) is 9.42. The molecule has 0 aliphatic carbocycles. The van der Waals surface area contributed by atoms with Crippen LogP contribution in [0.25, 0.3) is 0 Å². The number of ether oxygens (including phenoxy) is 2. The van der Waals surface area contributed by atoms with Gasteiger partial charge in [0.25, 0.3) is 11.8 Å². The van der Waals surface area contributed by atoms with Crippen molar-refractivity contribution >= 4 is 23.5 Å². The van der Waals surface area contributed by atoms with Crippen molar-refractivity contribution in [3.8, 4) is 5.75 Å². The lowest BCUT2D eigenvalue weighted by Gasteiger charge is -2.13. The maximum Gasteiger partial charge on any atom is 0.325 e. The number of hydrogen-bond donors (Lipinski definition) is 3. The minimum Gasteiger partial charge on any atom is -0.497 e. The highest BCUT2D eigenvalue weighted by molar-refractivity contribution is 5.91. The first kappa shape index (κ1) is 18.4. The van der Waals surface area contributed by atoms with Crippen molar-refractivity contribution < 1.29 is 28.8 Å². The van der Waals surface area contributed by atoms with E-state index in [4.69, 9.17) is 4.74 Å². The Morgan fingerprint density at radius 2 is 1.65 bits per heavy atom. The van der Waals surface area contributed by atoms with Crippen molar-refractivity contribution in [3.05, 3.63) is 24.3 Å². The maximum absolute atomic E-state index is 11.9. The molecule has 0 saturated heterocycles. The number of anilines is 1. The van der Waals surface area contributed by atoms with Gasteiger partial charge in [-0.25, -0.2) is 0 Å². The SMILES string of the molecule is COC(=O)CNC(=O)C[NH+](C)CC(=O)Nc1ccc(OC)cc1. The third kappa shape index (κ3) is 7.28. The Kier molecular flexibility index (Phi) is 7.55. The van der Waals surface area contributed by atoms with Crippen molar-refractivity contribution in [2.75, 3.05) is 46.2 Å². The zero-order valence-corrected chi connectivity index (χ0v) is 13.5. The van der Waals surface area contributed by atoms with E-state index in [1.807, 2.05) is 0 Å². The molecule has 0 radical (unpaired) electrons. The predicted octanol–water partition coefficient (Wildman–Crippen LogP) is -1.56. The number of carbonyl (C=O) groups excluding carboxylic acids is 3. The van der Waals surface area contributed by atoms with Crippen LogP contribution in [0.2, 0.25) is 0 Å². The molecule has 0 spiro atoms. The van der Waals surface area contributed by atoms with E-state index in [-0.39, 0.29) is 31.4 Å². The molecule has 1 aromatic carbocycles. The summed E-state index contributed by atoms with van der Waals surface area (Å²) in [7, 11) is 4.53. The van der Waals surface area contributed by atoms with Crippen LogP contribution in [0.4, 0.5) is 5.69 Å². The van der Waals surface area contributed by atoms with E-state index in [1.54, 1.807) is 38.4 Å². The van der Waals surface area contributed by atoms with Gasteiger partial charge in [-0.1, -0.05) is 0 Å². The van der Waals surface area contributed by atoms with Gasteiger partial charge in [0.1, 0.15) is 12.3 Å². The second-order valence-corrected chi connectivity index (χ2v) is 4.94. The lowest BCUT2D eigenvalue weighted by molar-refractivity contribution is -0.862. The minimum atomic E-state index is -0.520. The van der Waals surface area contributed by atoms with Gasteiger partial charge >= 0.3 is 5.97 Å². The monoisotopic (exact) mass is 324 g/mol. The quantitative estimate of drug-likeness (QED) is 0.502. The number of likely N-dealkylation sites (N-methyl/N-ethyl adjacent to an activating group) is 1. The third-order valence-electron chi connectivity index (χ3n) is 2.96. The highest BCUT2D eigenvalue weighted by Gasteiger charge is 2.15. The lowest BCUT2D eigenvalue weighted by atomic mass is 10.3. The summed E-state index contributed by atoms with van der Waals surface area (Å²) in [5.41, 5.74) is 0.652. The molecular formula is C15H22N3O5+. The van der Waals surface area contributed by atoms with E-state index in [2.05, 4.69) is 15.4 Å². The molecule has 0 bridgehead atoms. The van der Waals surface area contributed by atoms with Gasteiger partial charge in [0.2, 0.25) is 0 Å². The van der Waals surface area contributed by atoms with Gasteiger partial charge in [-0.05, 0) is 24.3 Å². The Morgan fingerprint density at radius 3 is 2.22 bits per heavy atom. The fourth-order valence-electron chi connectivity index (χ4n) is 1.80. The Bertz CT molecular complexity index is 545. The molecule has 126 valence electrons. The number of hydrogen-bond acceptors (Lipinski definition) is 5. The van der Waals surface area contributed by atoms with Crippen molar-refractivity contribution in [1.82, 2.24) is 5.32 Å². The molecule has 8 nitrogen and oxygen atoms in total. The summed E-state index contributed by atoms with van der Waals surface area (Å²) in [5, 5.41) is 5.16. The maximum atomic E-state index is 11.9. The third-order valence-corrected chi connectivity index (χ3v) is 2.96. The van der Waals surface area contributed by atoms with Gasteiger partial charge in [-0.15, -0.1) is 0 Å². The average molecular weight is 324 g/mol. The summed E-state index contributed by atoms with van der Waals surface area (Å²) in [4.78, 5) is 35.1. The van der Waals surface area contributed by atoms with E-state index < -0.39 is 5.97 Å². The number of methoxy groups -OCH3 is 2. The molecule has 1 unspecified atom stereocenters. The molecule has 0 fully saturated rings. The summed E-state index contributed by atoms with van der Waals surface area (Å²) in [5.74, 6) is -0.361. The topological polar surface area (TPSA) is 98.2 Å². The van der Waals surface area contributed by atoms with Crippen molar-refractivity contribution in [1.29, 1.82) is 0 Å². The molecule has 2 amide bonds. The first-order valence-electron chi connectivity index (χ1n) is 7.03. The molecule has 0 aliphatic heterocycles. The van der Waals surface area contributed by atoms with Gasteiger partial charge in [0.15, 0.2) is 13.1 Å². The largest absolute Gasteiger partial charge is 0.497 e. The minimum absolute atomic E-state index is 0.0764. The Balaban J connectivity index is 2.34. The number of benzene rings is 1. The van der Waals surface area contributed by atoms with Gasteiger partial charge in [0, 0.05) is 5.69 Å². The number of esters is 1. The molecule has 0 aliphatic rings. The Hall–Kier alpha value is -2.61. The number of carbonyl (C=O) groups is 3. The van der Waals surface area contributed by atoms with Crippen LogP contribution in [0, 0.1) is 0 Å². The molecule has 23 heavy (non-hydrogen) atoms. The molecule has 8 heteroatoms. The van der Waals surface area contributed by atoms with Crippen molar-refractivity contribution in [2.45, 2.75) is 0 Å². The zero-order valence-electron chi connectivity index (χ0n) is 13.5. The fourth-order valence-corrected chi connectivity index (χ4v) is 1.80. The molecular weight excluding hydrogens is 302 g/mol. The van der Waals surface area contributed by atoms with E-state index in [0.29, 0.717) is 16.3 Å². The van der Waals surface area contributed by atoms with Crippen LogP contribution in [0.5, 0.6) is 5.75 Å². The lowest BCUT2D eigenvalue weighted by Crippen LogP contribution is -3.11. The second-order valence-electron chi connectivity index (χ2n) is 4.94. The average Bonchev–Trinajstić information content (AvgIpc) is 2.52. The standard InChI is InChI=1S/C15H21N3O5/c1-18(9-13(19)16-8-15(21)23-3)10-14(20)17-11-4-6-12(22-2)7-5-11/h4-7H,8-10H2,1-3H3,(H,16,19)(H,17,20)/p+1. The summed E-state index contributed by atoms with van der Waals surface area (Å²) < 4.78 is 9.46. The molecule has 0 saturated carbocycles. The van der Waals surface area contributed by atoms with E-state index in [9.17, 15) is 14.4 Å². The number of rotatable bonds is 8. The highest BCUT2D eigenvalue weighted by Crippen LogP contribution is 2.14. The Labute approximate surface area is 134 Å². The van der Waals surface area contributed by atoms with Crippen LogP contribution in [0.15, 0.2) is 24.3 Å². The normalized spacial score (nSPS) is 11.3. The van der Waals surface area contributed by atoms with Crippen molar-refractivity contribution in [2.24, 2.45) is 0 Å². The number of amides is 2. The number of nitrogens with one attached hydrogen (secondary N) is 3. The van der Waals surface area contributed by atoms with Gasteiger partial charge in [0.05, 0.1) is 21.3 Å². The summed E-state index contributed by atoms with van der Waals surface area (Å²) >= 11 is 0. The van der Waals surface area contributed by atoms with Gasteiger partial charge < -0.3 is 25.0 Å². The van der Waals surface area contributed by atoms with E-state index in [0.717, 1.165) is 0 Å². The molecule has 1 atom stereocenters. The van der Waals surface area contributed by atoms with Gasteiger partial charge in [-0.2, -0.15) is 0 Å². The van der Waals surface area contributed by atoms with Crippen LogP contribution in [-0.4, -0.2) is 58.7 Å².